The maximum absolute atomic E-state index is 13.4. The van der Waals surface area contributed by atoms with Crippen LogP contribution in [0.15, 0.2) is 54.6 Å². The number of hydrogen-bond acceptors (Lipinski definition) is 3. The molecule has 0 aromatic heterocycles. The SMILES string of the molecule is CCOc1cc(CNc2cccc(Cl)c2C)cc(I)c1OCc1cccc(F)c1. The highest BCUT2D eigenvalue weighted by atomic mass is 127. The van der Waals surface area contributed by atoms with Crippen molar-refractivity contribution >= 4 is 39.9 Å². The van der Waals surface area contributed by atoms with Crippen LogP contribution in [0.2, 0.25) is 5.02 Å². The van der Waals surface area contributed by atoms with Gasteiger partial charge in [0.2, 0.25) is 0 Å². The summed E-state index contributed by atoms with van der Waals surface area (Å²) in [5.74, 6) is 1.07. The molecule has 1 N–H and O–H groups in total. The maximum Gasteiger partial charge on any atom is 0.174 e. The lowest BCUT2D eigenvalue weighted by Crippen LogP contribution is -2.05. The van der Waals surface area contributed by atoms with E-state index >= 15 is 0 Å². The third kappa shape index (κ3) is 5.76. The summed E-state index contributed by atoms with van der Waals surface area (Å²) < 4.78 is 26.1. The molecular formula is C23H22ClFINO2. The first-order chi connectivity index (χ1) is 14.0. The van der Waals surface area contributed by atoms with E-state index in [0.29, 0.717) is 24.7 Å². The maximum atomic E-state index is 13.4. The Bertz CT molecular complexity index is 997. The van der Waals surface area contributed by atoms with Crippen LogP contribution in [-0.4, -0.2) is 6.61 Å². The highest BCUT2D eigenvalue weighted by Gasteiger charge is 2.13. The lowest BCUT2D eigenvalue weighted by Gasteiger charge is -2.17. The molecule has 3 aromatic carbocycles. The average molecular weight is 526 g/mol. The Labute approximate surface area is 189 Å². The zero-order chi connectivity index (χ0) is 20.8. The Morgan fingerprint density at radius 1 is 1.03 bits per heavy atom. The third-order valence-corrected chi connectivity index (χ3v) is 5.60. The molecule has 0 heterocycles. The molecule has 0 unspecified atom stereocenters. The van der Waals surface area contributed by atoms with Crippen molar-refractivity contribution in [2.45, 2.75) is 27.0 Å². The van der Waals surface area contributed by atoms with Gasteiger partial charge in [-0.25, -0.2) is 4.39 Å². The van der Waals surface area contributed by atoms with Crippen molar-refractivity contribution in [3.63, 3.8) is 0 Å². The second-order valence-electron chi connectivity index (χ2n) is 6.52. The molecule has 3 nitrogen and oxygen atoms in total. The predicted octanol–water partition coefficient (Wildman–Crippen LogP) is 6.98. The summed E-state index contributed by atoms with van der Waals surface area (Å²) in [6.45, 7) is 5.35. The Kier molecular flexibility index (Phi) is 7.61. The molecule has 3 rings (SSSR count). The molecule has 0 radical (unpaired) electrons. The Balaban J connectivity index is 1.77. The molecule has 0 aliphatic rings. The number of ether oxygens (including phenoxy) is 2. The van der Waals surface area contributed by atoms with Gasteiger partial charge in [-0.15, -0.1) is 0 Å². The van der Waals surface area contributed by atoms with Gasteiger partial charge >= 0.3 is 0 Å². The van der Waals surface area contributed by atoms with Crippen LogP contribution in [0, 0.1) is 16.3 Å². The Morgan fingerprint density at radius 3 is 2.59 bits per heavy atom. The van der Waals surface area contributed by atoms with Gasteiger partial charge in [0.1, 0.15) is 12.4 Å². The van der Waals surface area contributed by atoms with Crippen molar-refractivity contribution in [1.82, 2.24) is 0 Å². The van der Waals surface area contributed by atoms with Crippen LogP contribution >= 0.6 is 34.2 Å². The lowest BCUT2D eigenvalue weighted by atomic mass is 10.1. The van der Waals surface area contributed by atoms with Crippen molar-refractivity contribution in [2.24, 2.45) is 0 Å². The van der Waals surface area contributed by atoms with Crippen LogP contribution in [0.25, 0.3) is 0 Å². The number of rotatable bonds is 8. The minimum Gasteiger partial charge on any atom is -0.490 e. The second-order valence-corrected chi connectivity index (χ2v) is 8.09. The molecule has 0 bridgehead atoms. The fourth-order valence-corrected chi connectivity index (χ4v) is 3.90. The first-order valence-electron chi connectivity index (χ1n) is 9.29. The molecule has 0 amide bonds. The van der Waals surface area contributed by atoms with Crippen molar-refractivity contribution in [2.75, 3.05) is 11.9 Å². The Hall–Kier alpha value is -1.99. The van der Waals surface area contributed by atoms with Crippen molar-refractivity contribution in [3.8, 4) is 11.5 Å². The number of halogens is 3. The van der Waals surface area contributed by atoms with Crippen LogP contribution in [-0.2, 0) is 13.2 Å². The van der Waals surface area contributed by atoms with Crippen LogP contribution in [0.4, 0.5) is 10.1 Å². The van der Waals surface area contributed by atoms with Gasteiger partial charge in [0.05, 0.1) is 10.2 Å². The van der Waals surface area contributed by atoms with E-state index in [1.807, 2.05) is 44.2 Å². The summed E-state index contributed by atoms with van der Waals surface area (Å²) in [4.78, 5) is 0. The van der Waals surface area contributed by atoms with Gasteiger partial charge in [-0.05, 0) is 89.5 Å². The molecule has 0 atom stereocenters. The van der Waals surface area contributed by atoms with Crippen molar-refractivity contribution in [1.29, 1.82) is 0 Å². The smallest absolute Gasteiger partial charge is 0.174 e. The highest BCUT2D eigenvalue weighted by Crippen LogP contribution is 2.35. The molecule has 0 fully saturated rings. The van der Waals surface area contributed by atoms with Gasteiger partial charge in [-0.3, -0.25) is 0 Å². The van der Waals surface area contributed by atoms with Gasteiger partial charge in [0.15, 0.2) is 11.5 Å². The minimum absolute atomic E-state index is 0.271. The van der Waals surface area contributed by atoms with Crippen molar-refractivity contribution in [3.05, 3.63) is 85.7 Å². The van der Waals surface area contributed by atoms with Gasteiger partial charge in [0, 0.05) is 17.3 Å². The topological polar surface area (TPSA) is 30.5 Å². The van der Waals surface area contributed by atoms with E-state index in [1.165, 1.54) is 12.1 Å². The van der Waals surface area contributed by atoms with Gasteiger partial charge in [-0.1, -0.05) is 29.8 Å². The standard InChI is InChI=1S/C23H22ClFINO2/c1-3-28-22-12-17(13-27-21-9-5-8-19(24)15(21)2)11-20(26)23(22)29-14-16-6-4-7-18(25)10-16/h4-12,27H,3,13-14H2,1-2H3. The summed E-state index contributed by atoms with van der Waals surface area (Å²) in [6, 6.07) is 16.2. The van der Waals surface area contributed by atoms with E-state index in [1.54, 1.807) is 6.07 Å². The van der Waals surface area contributed by atoms with Crippen LogP contribution < -0.4 is 14.8 Å². The van der Waals surface area contributed by atoms with Crippen LogP contribution in [0.5, 0.6) is 11.5 Å². The number of hydrogen-bond donors (Lipinski definition) is 1. The number of benzene rings is 3. The van der Waals surface area contributed by atoms with E-state index in [-0.39, 0.29) is 12.4 Å². The quantitative estimate of drug-likeness (QED) is 0.322. The molecule has 152 valence electrons. The van der Waals surface area contributed by atoms with E-state index in [2.05, 4.69) is 34.0 Å². The normalized spacial score (nSPS) is 10.7. The lowest BCUT2D eigenvalue weighted by molar-refractivity contribution is 0.267. The number of nitrogens with one attached hydrogen (secondary N) is 1. The van der Waals surface area contributed by atoms with E-state index in [4.69, 9.17) is 21.1 Å². The largest absolute Gasteiger partial charge is 0.490 e. The molecule has 3 aromatic rings. The minimum atomic E-state index is -0.274. The first kappa shape index (κ1) is 21.7. The summed E-state index contributed by atoms with van der Waals surface area (Å²) in [5.41, 5.74) is 3.85. The third-order valence-electron chi connectivity index (χ3n) is 4.39. The molecule has 0 aliphatic heterocycles. The second kappa shape index (κ2) is 10.2. The van der Waals surface area contributed by atoms with E-state index < -0.39 is 0 Å². The van der Waals surface area contributed by atoms with Crippen LogP contribution in [0.3, 0.4) is 0 Å². The summed E-state index contributed by atoms with van der Waals surface area (Å²) in [6.07, 6.45) is 0. The monoisotopic (exact) mass is 525 g/mol. The number of anilines is 1. The molecule has 0 spiro atoms. The van der Waals surface area contributed by atoms with Crippen LogP contribution in [0.1, 0.15) is 23.6 Å². The zero-order valence-corrected chi connectivity index (χ0v) is 19.2. The zero-order valence-electron chi connectivity index (χ0n) is 16.3. The highest BCUT2D eigenvalue weighted by molar-refractivity contribution is 14.1. The fourth-order valence-electron chi connectivity index (χ4n) is 2.90. The molecule has 29 heavy (non-hydrogen) atoms. The molecular weight excluding hydrogens is 504 g/mol. The summed E-state index contributed by atoms with van der Waals surface area (Å²) in [5, 5.41) is 4.16. The summed E-state index contributed by atoms with van der Waals surface area (Å²) in [7, 11) is 0. The van der Waals surface area contributed by atoms with Gasteiger partial charge in [-0.2, -0.15) is 0 Å². The van der Waals surface area contributed by atoms with Gasteiger partial charge < -0.3 is 14.8 Å². The molecule has 6 heteroatoms. The molecule has 0 saturated heterocycles. The predicted molar refractivity (Wildman–Crippen MR) is 125 cm³/mol. The van der Waals surface area contributed by atoms with Crippen molar-refractivity contribution < 1.29 is 13.9 Å². The average Bonchev–Trinajstić information content (AvgIpc) is 2.69. The van der Waals surface area contributed by atoms with E-state index in [9.17, 15) is 4.39 Å². The van der Waals surface area contributed by atoms with Gasteiger partial charge in [0.25, 0.3) is 0 Å². The molecule has 0 saturated carbocycles. The summed E-state index contributed by atoms with van der Waals surface area (Å²) >= 11 is 8.44. The molecule has 0 aliphatic carbocycles. The van der Waals surface area contributed by atoms with E-state index in [0.717, 1.165) is 31.0 Å². The first-order valence-corrected chi connectivity index (χ1v) is 10.7. The Morgan fingerprint density at radius 2 is 1.83 bits per heavy atom. The fraction of sp³-hybridized carbons (Fsp3) is 0.217.